The fourth-order valence-corrected chi connectivity index (χ4v) is 4.04. The quantitative estimate of drug-likeness (QED) is 0.494. The van der Waals surface area contributed by atoms with Crippen LogP contribution in [-0.2, 0) is 0 Å². The molecule has 1 N–H and O–H groups in total. The number of fused-ring (bicyclic) bond motifs is 1. The zero-order valence-electron chi connectivity index (χ0n) is 16.6. The number of nitrogens with one attached hydrogen (secondary N) is 1. The molecule has 8 heteroatoms. The van der Waals surface area contributed by atoms with E-state index >= 15 is 0 Å². The molecule has 1 aliphatic rings. The molecular weight excluding hydrogens is 368 g/mol. The molecule has 29 heavy (non-hydrogen) atoms. The summed E-state index contributed by atoms with van der Waals surface area (Å²) in [6.07, 6.45) is 5.50. The van der Waals surface area contributed by atoms with Gasteiger partial charge in [-0.3, -0.25) is 15.1 Å². The maximum absolute atomic E-state index is 12.0. The molecule has 1 aliphatic heterocycles. The monoisotopic (exact) mass is 392 g/mol. The lowest BCUT2D eigenvalue weighted by Crippen LogP contribution is -2.40. The van der Waals surface area contributed by atoms with Crippen LogP contribution in [0.1, 0.15) is 38.3 Å². The Hall–Kier alpha value is -3.29. The van der Waals surface area contributed by atoms with E-state index in [4.69, 9.17) is 0 Å². The molecule has 1 aromatic carbocycles. The zero-order valence-corrected chi connectivity index (χ0v) is 16.6. The first-order valence-corrected chi connectivity index (χ1v) is 9.98. The van der Waals surface area contributed by atoms with Crippen molar-refractivity contribution in [1.82, 2.24) is 15.0 Å². The molecule has 0 radical (unpaired) electrons. The van der Waals surface area contributed by atoms with Gasteiger partial charge in [0.1, 0.15) is 6.33 Å². The summed E-state index contributed by atoms with van der Waals surface area (Å²) in [5.74, 6) is 0.599. The van der Waals surface area contributed by atoms with Gasteiger partial charge in [-0.05, 0) is 56.9 Å². The van der Waals surface area contributed by atoms with E-state index < -0.39 is 0 Å². The Bertz CT molecular complexity index is 1050. The van der Waals surface area contributed by atoms with Crippen molar-refractivity contribution in [2.75, 3.05) is 16.8 Å². The highest BCUT2D eigenvalue weighted by molar-refractivity contribution is 5.94. The Morgan fingerprint density at radius 1 is 1.24 bits per heavy atom. The van der Waals surface area contributed by atoms with Crippen molar-refractivity contribution in [1.29, 1.82) is 0 Å². The molecule has 8 nitrogen and oxygen atoms in total. The van der Waals surface area contributed by atoms with E-state index in [9.17, 15) is 10.1 Å². The molecule has 150 valence electrons. The minimum absolute atomic E-state index is 0.0788. The number of benzene rings is 1. The third-order valence-corrected chi connectivity index (χ3v) is 5.48. The van der Waals surface area contributed by atoms with Gasteiger partial charge < -0.3 is 10.2 Å². The highest BCUT2D eigenvalue weighted by atomic mass is 16.6. The van der Waals surface area contributed by atoms with Crippen LogP contribution in [0.2, 0.25) is 0 Å². The Morgan fingerprint density at radius 2 is 2.10 bits per heavy atom. The molecule has 0 amide bonds. The van der Waals surface area contributed by atoms with Crippen molar-refractivity contribution in [3.05, 3.63) is 52.5 Å². The smallest absolute Gasteiger partial charge is 0.348 e. The second-order valence-corrected chi connectivity index (χ2v) is 7.35. The standard InChI is InChI=1S/C21H24N6O2/c1-3-15-7-4-5-12-26(15)21-19(27(28)29)20(22-13-23-21)25-18-9-6-8-17-16(18)11-10-14(2)24-17/h6,8-11,13,15H,3-5,7,12H2,1-2H3,(H,22,23,25). The summed E-state index contributed by atoms with van der Waals surface area (Å²) in [6, 6.07) is 9.82. The summed E-state index contributed by atoms with van der Waals surface area (Å²) in [5, 5.41) is 16.1. The summed E-state index contributed by atoms with van der Waals surface area (Å²) < 4.78 is 0. The van der Waals surface area contributed by atoms with E-state index in [1.807, 2.05) is 37.3 Å². The van der Waals surface area contributed by atoms with Crippen LogP contribution in [0.5, 0.6) is 0 Å². The normalized spacial score (nSPS) is 16.8. The van der Waals surface area contributed by atoms with Crippen LogP contribution >= 0.6 is 0 Å². The van der Waals surface area contributed by atoms with Crippen LogP contribution < -0.4 is 10.2 Å². The van der Waals surface area contributed by atoms with Crippen LogP contribution in [0, 0.1) is 17.0 Å². The van der Waals surface area contributed by atoms with E-state index in [1.54, 1.807) is 0 Å². The first-order chi connectivity index (χ1) is 14.1. The fraction of sp³-hybridized carbons (Fsp3) is 0.381. The molecule has 0 aliphatic carbocycles. The molecule has 4 rings (SSSR count). The predicted octanol–water partition coefficient (Wildman–Crippen LogP) is 4.75. The van der Waals surface area contributed by atoms with Crippen molar-refractivity contribution >= 4 is 33.9 Å². The Labute approximate surface area is 169 Å². The molecule has 3 heterocycles. The SMILES string of the molecule is CCC1CCCCN1c1ncnc(Nc2cccc3nc(C)ccc23)c1[N+](=O)[O-]. The second kappa shape index (κ2) is 7.98. The number of pyridine rings is 1. The van der Waals surface area contributed by atoms with Gasteiger partial charge in [-0.25, -0.2) is 9.97 Å². The summed E-state index contributed by atoms with van der Waals surface area (Å²) in [4.78, 5) is 26.8. The number of anilines is 3. The minimum atomic E-state index is -0.382. The van der Waals surface area contributed by atoms with Gasteiger partial charge in [0.25, 0.3) is 0 Å². The zero-order chi connectivity index (χ0) is 20.4. The molecule has 0 bridgehead atoms. The van der Waals surface area contributed by atoms with Crippen molar-refractivity contribution in [2.24, 2.45) is 0 Å². The molecule has 1 atom stereocenters. The van der Waals surface area contributed by atoms with Gasteiger partial charge in [0.15, 0.2) is 0 Å². The third kappa shape index (κ3) is 3.70. The molecular formula is C21H24N6O2. The van der Waals surface area contributed by atoms with E-state index in [1.165, 1.54) is 6.33 Å². The molecule has 1 saturated heterocycles. The van der Waals surface area contributed by atoms with Crippen molar-refractivity contribution < 1.29 is 4.92 Å². The van der Waals surface area contributed by atoms with Gasteiger partial charge in [-0.2, -0.15) is 0 Å². The summed E-state index contributed by atoms with van der Waals surface area (Å²) >= 11 is 0. The van der Waals surface area contributed by atoms with E-state index in [0.29, 0.717) is 5.82 Å². The Morgan fingerprint density at radius 3 is 2.90 bits per heavy atom. The lowest BCUT2D eigenvalue weighted by atomic mass is 10.00. The average Bonchev–Trinajstić information content (AvgIpc) is 2.73. The molecule has 1 fully saturated rings. The van der Waals surface area contributed by atoms with E-state index in [0.717, 1.165) is 54.5 Å². The number of nitro groups is 1. The summed E-state index contributed by atoms with van der Waals surface area (Å²) in [7, 11) is 0. The number of hydrogen-bond donors (Lipinski definition) is 1. The predicted molar refractivity (Wildman–Crippen MR) is 114 cm³/mol. The summed E-state index contributed by atoms with van der Waals surface area (Å²) in [6.45, 7) is 4.82. The highest BCUT2D eigenvalue weighted by Crippen LogP contribution is 2.37. The Balaban J connectivity index is 1.78. The van der Waals surface area contributed by atoms with E-state index in [2.05, 4.69) is 32.1 Å². The van der Waals surface area contributed by atoms with Crippen LogP contribution in [0.25, 0.3) is 10.9 Å². The van der Waals surface area contributed by atoms with Crippen LogP contribution in [0.3, 0.4) is 0 Å². The second-order valence-electron chi connectivity index (χ2n) is 7.35. The Kier molecular flexibility index (Phi) is 5.24. The number of piperidine rings is 1. The number of nitrogens with zero attached hydrogens (tertiary/aromatic N) is 5. The molecule has 0 saturated carbocycles. The van der Waals surface area contributed by atoms with Gasteiger partial charge in [-0.1, -0.05) is 13.0 Å². The van der Waals surface area contributed by atoms with Crippen LogP contribution in [-0.4, -0.2) is 32.5 Å². The summed E-state index contributed by atoms with van der Waals surface area (Å²) in [5.41, 5.74) is 2.40. The van der Waals surface area contributed by atoms with Crippen molar-refractivity contribution in [3.63, 3.8) is 0 Å². The number of aryl methyl sites for hydroxylation is 1. The first kappa shape index (κ1) is 19.0. The topological polar surface area (TPSA) is 97.1 Å². The average molecular weight is 392 g/mol. The van der Waals surface area contributed by atoms with Gasteiger partial charge in [-0.15, -0.1) is 0 Å². The number of hydrogen-bond acceptors (Lipinski definition) is 7. The molecule has 3 aromatic rings. The van der Waals surface area contributed by atoms with Gasteiger partial charge in [0.05, 0.1) is 10.4 Å². The van der Waals surface area contributed by atoms with Gasteiger partial charge >= 0.3 is 5.69 Å². The largest absolute Gasteiger partial charge is 0.353 e. The first-order valence-electron chi connectivity index (χ1n) is 9.98. The number of rotatable bonds is 5. The molecule has 2 aromatic heterocycles. The van der Waals surface area contributed by atoms with Crippen molar-refractivity contribution in [3.8, 4) is 0 Å². The van der Waals surface area contributed by atoms with Crippen LogP contribution in [0.4, 0.5) is 23.0 Å². The van der Waals surface area contributed by atoms with Gasteiger partial charge in [0, 0.05) is 29.4 Å². The lowest BCUT2D eigenvalue weighted by molar-refractivity contribution is -0.383. The highest BCUT2D eigenvalue weighted by Gasteiger charge is 2.32. The third-order valence-electron chi connectivity index (χ3n) is 5.48. The minimum Gasteiger partial charge on any atom is -0.348 e. The maximum Gasteiger partial charge on any atom is 0.353 e. The van der Waals surface area contributed by atoms with E-state index in [-0.39, 0.29) is 22.5 Å². The maximum atomic E-state index is 12.0. The van der Waals surface area contributed by atoms with Crippen molar-refractivity contribution in [2.45, 2.75) is 45.6 Å². The number of aromatic nitrogens is 3. The molecule has 1 unspecified atom stereocenters. The van der Waals surface area contributed by atoms with Crippen LogP contribution in [0.15, 0.2) is 36.7 Å². The lowest BCUT2D eigenvalue weighted by Gasteiger charge is -2.35. The van der Waals surface area contributed by atoms with Gasteiger partial charge in [0.2, 0.25) is 11.6 Å². The fourth-order valence-electron chi connectivity index (χ4n) is 4.04. The molecule has 0 spiro atoms.